The molecule has 0 fully saturated rings. The molecule has 0 heterocycles. The van der Waals surface area contributed by atoms with Crippen LogP contribution >= 0.6 is 0 Å². The second-order valence-electron chi connectivity index (χ2n) is 3.76. The van der Waals surface area contributed by atoms with Crippen molar-refractivity contribution < 1.29 is 14.3 Å². The molecule has 0 saturated carbocycles. The topological polar surface area (TPSA) is 71.3 Å². The van der Waals surface area contributed by atoms with Crippen molar-refractivity contribution in [3.63, 3.8) is 0 Å². The van der Waals surface area contributed by atoms with Crippen LogP contribution in [0.5, 0.6) is 0 Å². The van der Waals surface area contributed by atoms with Crippen LogP contribution < -0.4 is 5.32 Å². The van der Waals surface area contributed by atoms with Crippen LogP contribution in [-0.4, -0.2) is 39.4 Å². The van der Waals surface area contributed by atoms with Gasteiger partial charge >= 0.3 is 0 Å². The van der Waals surface area contributed by atoms with E-state index in [1.165, 1.54) is 0 Å². The van der Waals surface area contributed by atoms with E-state index in [1.807, 2.05) is 6.07 Å². The Kier molecular flexibility index (Phi) is 5.90. The normalized spacial score (nSPS) is 13.0. The number of methoxy groups -OCH3 is 2. The van der Waals surface area contributed by atoms with E-state index in [0.29, 0.717) is 13.2 Å². The predicted octanol–water partition coefficient (Wildman–Crippen LogP) is 0.314. The van der Waals surface area contributed by atoms with Crippen LogP contribution in [0, 0.1) is 16.7 Å². The van der Waals surface area contributed by atoms with Gasteiger partial charge in [0.25, 0.3) is 0 Å². The molecule has 0 saturated heterocycles. The molecule has 0 bridgehead atoms. The lowest BCUT2D eigenvalue weighted by Crippen LogP contribution is -2.41. The summed E-state index contributed by atoms with van der Waals surface area (Å²) in [5.41, 5.74) is -1.01. The van der Waals surface area contributed by atoms with Gasteiger partial charge in [0.15, 0.2) is 0 Å². The van der Waals surface area contributed by atoms with Crippen LogP contribution in [0.3, 0.4) is 0 Å². The van der Waals surface area contributed by atoms with E-state index >= 15 is 0 Å². The van der Waals surface area contributed by atoms with Gasteiger partial charge in [-0.2, -0.15) is 5.26 Å². The number of carbonyl (C=O) groups is 1. The van der Waals surface area contributed by atoms with E-state index in [4.69, 9.17) is 14.7 Å². The van der Waals surface area contributed by atoms with Gasteiger partial charge in [-0.3, -0.25) is 4.79 Å². The summed E-state index contributed by atoms with van der Waals surface area (Å²) >= 11 is 0. The van der Waals surface area contributed by atoms with E-state index in [-0.39, 0.29) is 12.0 Å². The maximum absolute atomic E-state index is 11.5. The zero-order valence-corrected chi connectivity index (χ0v) is 9.66. The molecule has 15 heavy (non-hydrogen) atoms. The number of carbonyl (C=O) groups excluding carboxylic acids is 1. The smallest absolute Gasteiger partial charge is 0.239 e. The van der Waals surface area contributed by atoms with Gasteiger partial charge in [-0.1, -0.05) is 0 Å². The maximum Gasteiger partial charge on any atom is 0.239 e. The lowest BCUT2D eigenvalue weighted by Gasteiger charge is -2.19. The monoisotopic (exact) mass is 214 g/mol. The number of nitrogens with one attached hydrogen (secondary N) is 1. The van der Waals surface area contributed by atoms with Gasteiger partial charge in [-0.15, -0.1) is 0 Å². The highest BCUT2D eigenvalue weighted by Crippen LogP contribution is 2.12. The fourth-order valence-corrected chi connectivity index (χ4v) is 0.874. The molecule has 0 aromatic carbocycles. The highest BCUT2D eigenvalue weighted by Gasteiger charge is 2.27. The highest BCUT2D eigenvalue weighted by molar-refractivity contribution is 5.84. The third-order valence-corrected chi connectivity index (χ3v) is 2.02. The van der Waals surface area contributed by atoms with E-state index in [9.17, 15) is 4.79 Å². The van der Waals surface area contributed by atoms with Crippen molar-refractivity contribution in [1.29, 1.82) is 5.26 Å². The molecule has 5 nitrogen and oxygen atoms in total. The van der Waals surface area contributed by atoms with Gasteiger partial charge in [0.1, 0.15) is 5.41 Å². The molecule has 0 rings (SSSR count). The minimum absolute atomic E-state index is 0.187. The quantitative estimate of drug-likeness (QED) is 0.691. The van der Waals surface area contributed by atoms with Gasteiger partial charge in [0, 0.05) is 20.8 Å². The van der Waals surface area contributed by atoms with Crippen molar-refractivity contribution in [2.24, 2.45) is 5.41 Å². The summed E-state index contributed by atoms with van der Waals surface area (Å²) in [7, 11) is 3.11. The second-order valence-corrected chi connectivity index (χ2v) is 3.76. The Morgan fingerprint density at radius 2 is 2.13 bits per heavy atom. The van der Waals surface area contributed by atoms with Crippen molar-refractivity contribution in [2.45, 2.75) is 20.0 Å². The zero-order chi connectivity index (χ0) is 11.9. The summed E-state index contributed by atoms with van der Waals surface area (Å²) in [4.78, 5) is 11.5. The van der Waals surface area contributed by atoms with Gasteiger partial charge < -0.3 is 14.8 Å². The Morgan fingerprint density at radius 1 is 1.53 bits per heavy atom. The molecule has 86 valence electrons. The number of rotatable bonds is 6. The largest absolute Gasteiger partial charge is 0.382 e. The third kappa shape index (κ3) is 4.77. The molecule has 1 unspecified atom stereocenters. The highest BCUT2D eigenvalue weighted by atomic mass is 16.5. The Hall–Kier alpha value is -1.12. The van der Waals surface area contributed by atoms with Crippen molar-refractivity contribution in [3.05, 3.63) is 0 Å². The van der Waals surface area contributed by atoms with Crippen LogP contribution in [0.15, 0.2) is 0 Å². The average molecular weight is 214 g/mol. The van der Waals surface area contributed by atoms with E-state index in [1.54, 1.807) is 28.1 Å². The average Bonchev–Trinajstić information content (AvgIpc) is 2.23. The molecular weight excluding hydrogens is 196 g/mol. The van der Waals surface area contributed by atoms with Crippen LogP contribution in [0.1, 0.15) is 13.8 Å². The Balaban J connectivity index is 4.05. The SMILES string of the molecule is COCC(CNC(=O)C(C)(C)C#N)OC. The maximum atomic E-state index is 11.5. The molecule has 1 N–H and O–H groups in total. The molecular formula is C10H18N2O3. The number of amides is 1. The number of nitriles is 1. The second kappa shape index (κ2) is 6.38. The fourth-order valence-electron chi connectivity index (χ4n) is 0.874. The Labute approximate surface area is 90.4 Å². The first kappa shape index (κ1) is 13.9. The van der Waals surface area contributed by atoms with Crippen LogP contribution in [-0.2, 0) is 14.3 Å². The molecule has 1 atom stereocenters. The third-order valence-electron chi connectivity index (χ3n) is 2.02. The number of ether oxygens (including phenoxy) is 2. The molecule has 0 radical (unpaired) electrons. The first-order valence-electron chi connectivity index (χ1n) is 4.69. The molecule has 0 aliphatic rings. The summed E-state index contributed by atoms with van der Waals surface area (Å²) in [5.74, 6) is -0.303. The Bertz CT molecular complexity index is 246. The number of nitrogens with zero attached hydrogens (tertiary/aromatic N) is 1. The predicted molar refractivity (Wildman–Crippen MR) is 55.1 cm³/mol. The Morgan fingerprint density at radius 3 is 2.53 bits per heavy atom. The molecule has 0 aliphatic heterocycles. The molecule has 0 aromatic rings. The summed E-state index contributed by atoms with van der Waals surface area (Å²) in [6, 6.07) is 1.93. The molecule has 0 aromatic heterocycles. The van der Waals surface area contributed by atoms with Crippen molar-refractivity contribution in [2.75, 3.05) is 27.4 Å². The first-order chi connectivity index (χ1) is 6.97. The zero-order valence-electron chi connectivity index (χ0n) is 9.66. The van der Waals surface area contributed by atoms with Crippen LogP contribution in [0.25, 0.3) is 0 Å². The summed E-state index contributed by atoms with van der Waals surface area (Å²) in [6.45, 7) is 3.89. The van der Waals surface area contributed by atoms with E-state index in [2.05, 4.69) is 5.32 Å². The minimum Gasteiger partial charge on any atom is -0.382 e. The van der Waals surface area contributed by atoms with Crippen molar-refractivity contribution in [3.8, 4) is 6.07 Å². The standard InChI is InChI=1S/C10H18N2O3/c1-10(2,7-11)9(13)12-5-8(15-4)6-14-3/h8H,5-6H2,1-4H3,(H,12,13). The lowest BCUT2D eigenvalue weighted by atomic mass is 9.95. The summed E-state index contributed by atoms with van der Waals surface area (Å²) in [5, 5.41) is 11.4. The van der Waals surface area contributed by atoms with Gasteiger partial charge in [-0.05, 0) is 13.8 Å². The number of hydrogen-bond acceptors (Lipinski definition) is 4. The van der Waals surface area contributed by atoms with Gasteiger partial charge in [-0.25, -0.2) is 0 Å². The molecule has 0 spiro atoms. The van der Waals surface area contributed by atoms with Crippen LogP contribution in [0.2, 0.25) is 0 Å². The number of hydrogen-bond donors (Lipinski definition) is 1. The summed E-state index contributed by atoms with van der Waals surface area (Å²) < 4.78 is 9.96. The van der Waals surface area contributed by atoms with Crippen molar-refractivity contribution in [1.82, 2.24) is 5.32 Å². The van der Waals surface area contributed by atoms with Crippen molar-refractivity contribution >= 4 is 5.91 Å². The summed E-state index contributed by atoms with van der Waals surface area (Å²) in [6.07, 6.45) is -0.187. The fraction of sp³-hybridized carbons (Fsp3) is 0.800. The van der Waals surface area contributed by atoms with Gasteiger partial charge in [0.05, 0.1) is 18.8 Å². The molecule has 1 amide bonds. The first-order valence-corrected chi connectivity index (χ1v) is 4.69. The van der Waals surface area contributed by atoms with Crippen LogP contribution in [0.4, 0.5) is 0 Å². The van der Waals surface area contributed by atoms with E-state index in [0.717, 1.165) is 0 Å². The van der Waals surface area contributed by atoms with E-state index < -0.39 is 5.41 Å². The lowest BCUT2D eigenvalue weighted by molar-refractivity contribution is -0.127. The molecule has 0 aliphatic carbocycles. The molecule has 5 heteroatoms. The minimum atomic E-state index is -1.01. The van der Waals surface area contributed by atoms with Gasteiger partial charge in [0.2, 0.25) is 5.91 Å².